The molecule has 3 aromatic rings. The van der Waals surface area contributed by atoms with Crippen molar-refractivity contribution in [2.75, 3.05) is 19.0 Å². The molecule has 0 fully saturated rings. The second kappa shape index (κ2) is 9.23. The monoisotopic (exact) mass is 398 g/mol. The third-order valence-corrected chi connectivity index (χ3v) is 4.44. The number of aromatic nitrogens is 1. The van der Waals surface area contributed by atoms with Crippen molar-refractivity contribution in [3.8, 4) is 28.5 Å². The lowest BCUT2D eigenvalue weighted by molar-refractivity contribution is -0.118. The summed E-state index contributed by atoms with van der Waals surface area (Å²) in [7, 11) is 1.58. The zero-order valence-corrected chi connectivity index (χ0v) is 16.8. The Balaban J connectivity index is 1.55. The summed E-state index contributed by atoms with van der Waals surface area (Å²) in [5.41, 5.74) is 1.76. The largest absolute Gasteiger partial charge is 0.497 e. The van der Waals surface area contributed by atoms with Gasteiger partial charge >= 0.3 is 0 Å². The molecule has 1 amide bonds. The van der Waals surface area contributed by atoms with Gasteiger partial charge in [-0.2, -0.15) is 0 Å². The topological polar surface area (TPSA) is 69.7 Å². The number of anilines is 1. The molecule has 28 heavy (non-hydrogen) atoms. The summed E-state index contributed by atoms with van der Waals surface area (Å²) in [6, 6.07) is 14.8. The van der Waals surface area contributed by atoms with E-state index in [0.717, 1.165) is 17.0 Å². The summed E-state index contributed by atoms with van der Waals surface area (Å²) >= 11 is 1.37. The molecule has 2 aromatic carbocycles. The molecule has 0 spiro atoms. The first-order valence-electron chi connectivity index (χ1n) is 8.83. The molecule has 0 radical (unpaired) electrons. The molecule has 1 N–H and O–H groups in total. The van der Waals surface area contributed by atoms with Gasteiger partial charge in [0.2, 0.25) is 0 Å². The van der Waals surface area contributed by atoms with E-state index >= 15 is 0 Å². The average Bonchev–Trinajstić information content (AvgIpc) is 3.15. The Morgan fingerprint density at radius 1 is 1.11 bits per heavy atom. The Morgan fingerprint density at radius 2 is 1.86 bits per heavy atom. The number of benzene rings is 2. The van der Waals surface area contributed by atoms with Gasteiger partial charge in [-0.1, -0.05) is 6.07 Å². The molecule has 0 bridgehead atoms. The van der Waals surface area contributed by atoms with Crippen LogP contribution >= 0.6 is 11.3 Å². The van der Waals surface area contributed by atoms with Crippen molar-refractivity contribution >= 4 is 22.4 Å². The molecule has 0 aliphatic heterocycles. The van der Waals surface area contributed by atoms with Crippen LogP contribution in [-0.4, -0.2) is 30.7 Å². The highest BCUT2D eigenvalue weighted by atomic mass is 32.1. The van der Waals surface area contributed by atoms with Crippen LogP contribution in [0.1, 0.15) is 13.8 Å². The summed E-state index contributed by atoms with van der Waals surface area (Å²) in [6.07, 6.45) is 0.131. The van der Waals surface area contributed by atoms with Crippen LogP contribution in [0, 0.1) is 0 Å². The minimum Gasteiger partial charge on any atom is -0.497 e. The van der Waals surface area contributed by atoms with E-state index in [1.165, 1.54) is 11.3 Å². The van der Waals surface area contributed by atoms with Crippen molar-refractivity contribution in [3.05, 3.63) is 53.9 Å². The molecule has 0 saturated carbocycles. The number of hydrogen-bond acceptors (Lipinski definition) is 6. The van der Waals surface area contributed by atoms with E-state index in [0.29, 0.717) is 16.6 Å². The number of carbonyl (C=O) groups excluding carboxylic acids is 1. The third-order valence-electron chi connectivity index (χ3n) is 3.68. The predicted octanol–water partition coefficient (Wildman–Crippen LogP) is 4.62. The quantitative estimate of drug-likeness (QED) is 0.599. The normalized spacial score (nSPS) is 10.6. The van der Waals surface area contributed by atoms with Crippen LogP contribution in [0.5, 0.6) is 17.2 Å². The first kappa shape index (κ1) is 19.7. The zero-order valence-electron chi connectivity index (χ0n) is 16.0. The van der Waals surface area contributed by atoms with Gasteiger partial charge in [0.15, 0.2) is 11.7 Å². The highest BCUT2D eigenvalue weighted by Crippen LogP contribution is 2.27. The van der Waals surface area contributed by atoms with Gasteiger partial charge in [-0.25, -0.2) is 4.98 Å². The van der Waals surface area contributed by atoms with Gasteiger partial charge in [0.1, 0.15) is 17.2 Å². The molecule has 0 saturated heterocycles. The molecule has 0 unspecified atom stereocenters. The van der Waals surface area contributed by atoms with E-state index in [9.17, 15) is 4.79 Å². The number of ether oxygens (including phenoxy) is 3. The van der Waals surface area contributed by atoms with Crippen molar-refractivity contribution in [2.45, 2.75) is 20.0 Å². The zero-order chi connectivity index (χ0) is 19.9. The predicted molar refractivity (Wildman–Crippen MR) is 110 cm³/mol. The van der Waals surface area contributed by atoms with Crippen LogP contribution in [0.2, 0.25) is 0 Å². The van der Waals surface area contributed by atoms with Gasteiger partial charge < -0.3 is 14.2 Å². The number of carbonyl (C=O) groups is 1. The minimum atomic E-state index is -0.274. The van der Waals surface area contributed by atoms with Crippen molar-refractivity contribution in [1.82, 2.24) is 4.98 Å². The molecule has 3 rings (SSSR count). The second-order valence-electron chi connectivity index (χ2n) is 6.24. The Labute approximate surface area is 168 Å². The molecule has 1 heterocycles. The molecule has 6 nitrogen and oxygen atoms in total. The fraction of sp³-hybridized carbons (Fsp3) is 0.238. The van der Waals surface area contributed by atoms with Crippen LogP contribution in [0.3, 0.4) is 0 Å². The lowest BCUT2D eigenvalue weighted by Crippen LogP contribution is -2.20. The van der Waals surface area contributed by atoms with Crippen LogP contribution in [-0.2, 0) is 4.79 Å². The standard InChI is InChI=1S/C21H22N2O4S/c1-14(2)27-16-9-7-15(8-10-16)19-13-28-21(22-19)23-20(24)12-26-18-6-4-5-17(11-18)25-3/h4-11,13-14H,12H2,1-3H3,(H,22,23,24). The summed E-state index contributed by atoms with van der Waals surface area (Å²) in [6.45, 7) is 3.87. The Hall–Kier alpha value is -3.06. The Morgan fingerprint density at radius 3 is 2.57 bits per heavy atom. The molecular weight excluding hydrogens is 376 g/mol. The molecule has 0 atom stereocenters. The van der Waals surface area contributed by atoms with E-state index in [-0.39, 0.29) is 18.6 Å². The van der Waals surface area contributed by atoms with E-state index in [2.05, 4.69) is 10.3 Å². The summed E-state index contributed by atoms with van der Waals surface area (Å²) in [5.74, 6) is 1.78. The third kappa shape index (κ3) is 5.47. The maximum atomic E-state index is 12.1. The van der Waals surface area contributed by atoms with E-state index in [1.54, 1.807) is 25.3 Å². The maximum Gasteiger partial charge on any atom is 0.264 e. The number of nitrogens with zero attached hydrogens (tertiary/aromatic N) is 1. The van der Waals surface area contributed by atoms with Crippen molar-refractivity contribution in [2.24, 2.45) is 0 Å². The number of hydrogen-bond donors (Lipinski definition) is 1. The first-order valence-corrected chi connectivity index (χ1v) is 9.71. The Kier molecular flexibility index (Phi) is 6.49. The second-order valence-corrected chi connectivity index (χ2v) is 7.10. The van der Waals surface area contributed by atoms with Gasteiger partial charge in [0.05, 0.1) is 18.9 Å². The fourth-order valence-electron chi connectivity index (χ4n) is 2.44. The van der Waals surface area contributed by atoms with Crippen molar-refractivity contribution in [1.29, 1.82) is 0 Å². The average molecular weight is 398 g/mol. The van der Waals surface area contributed by atoms with Crippen LogP contribution < -0.4 is 19.5 Å². The molecule has 0 aliphatic carbocycles. The van der Waals surface area contributed by atoms with Gasteiger partial charge in [0.25, 0.3) is 5.91 Å². The minimum absolute atomic E-state index is 0.108. The van der Waals surface area contributed by atoms with Crippen LogP contribution in [0.15, 0.2) is 53.9 Å². The van der Waals surface area contributed by atoms with E-state index in [1.807, 2.05) is 49.6 Å². The number of nitrogens with one attached hydrogen (secondary N) is 1. The number of amides is 1. The lowest BCUT2D eigenvalue weighted by Gasteiger charge is -2.09. The molecular formula is C21H22N2O4S. The summed E-state index contributed by atoms with van der Waals surface area (Å²) in [4.78, 5) is 16.6. The number of methoxy groups -OCH3 is 1. The smallest absolute Gasteiger partial charge is 0.264 e. The SMILES string of the molecule is COc1cccc(OCC(=O)Nc2nc(-c3ccc(OC(C)C)cc3)cs2)c1. The van der Waals surface area contributed by atoms with Gasteiger partial charge in [-0.05, 0) is 50.2 Å². The van der Waals surface area contributed by atoms with Crippen LogP contribution in [0.4, 0.5) is 5.13 Å². The highest BCUT2D eigenvalue weighted by molar-refractivity contribution is 7.14. The number of rotatable bonds is 8. The van der Waals surface area contributed by atoms with E-state index < -0.39 is 0 Å². The molecule has 7 heteroatoms. The first-order chi connectivity index (χ1) is 13.5. The van der Waals surface area contributed by atoms with Gasteiger partial charge in [0, 0.05) is 17.0 Å². The van der Waals surface area contributed by atoms with Crippen molar-refractivity contribution < 1.29 is 19.0 Å². The number of thiazole rings is 1. The molecule has 0 aliphatic rings. The Bertz CT molecular complexity index is 922. The lowest BCUT2D eigenvalue weighted by atomic mass is 10.2. The summed E-state index contributed by atoms with van der Waals surface area (Å²) in [5, 5.41) is 5.18. The molecule has 1 aromatic heterocycles. The maximum absolute atomic E-state index is 12.1. The van der Waals surface area contributed by atoms with Crippen LogP contribution in [0.25, 0.3) is 11.3 Å². The highest BCUT2D eigenvalue weighted by Gasteiger charge is 2.09. The summed E-state index contributed by atoms with van der Waals surface area (Å²) < 4.78 is 16.3. The molecule has 146 valence electrons. The van der Waals surface area contributed by atoms with Gasteiger partial charge in [-0.3, -0.25) is 10.1 Å². The van der Waals surface area contributed by atoms with Gasteiger partial charge in [-0.15, -0.1) is 11.3 Å². The fourth-order valence-corrected chi connectivity index (χ4v) is 3.17. The van der Waals surface area contributed by atoms with E-state index in [4.69, 9.17) is 14.2 Å². The van der Waals surface area contributed by atoms with Crippen molar-refractivity contribution in [3.63, 3.8) is 0 Å².